The fourth-order valence-electron chi connectivity index (χ4n) is 3.55. The number of carbonyl (C=O) groups excluding carboxylic acids is 1. The van der Waals surface area contributed by atoms with Gasteiger partial charge in [-0.2, -0.15) is 4.39 Å². The van der Waals surface area contributed by atoms with Crippen molar-refractivity contribution in [1.29, 1.82) is 0 Å². The molecule has 0 radical (unpaired) electrons. The molecular weight excluding hydrogens is 445 g/mol. The molecular formula is C24H24FN3O6. The number of carboxylic acid groups (broad SMARTS) is 1. The molecule has 3 aromatic rings. The van der Waals surface area contributed by atoms with Crippen molar-refractivity contribution in [3.8, 4) is 17.0 Å². The average Bonchev–Trinajstić information content (AvgIpc) is 3.55. The quantitative estimate of drug-likeness (QED) is 0.438. The first-order valence-electron chi connectivity index (χ1n) is 10.8. The van der Waals surface area contributed by atoms with E-state index in [1.807, 2.05) is 30.3 Å². The molecule has 2 unspecified atom stereocenters. The minimum absolute atomic E-state index is 0.0803. The van der Waals surface area contributed by atoms with E-state index in [0.717, 1.165) is 18.4 Å². The van der Waals surface area contributed by atoms with E-state index in [1.54, 1.807) is 6.92 Å². The van der Waals surface area contributed by atoms with Crippen LogP contribution in [-0.2, 0) is 9.53 Å². The van der Waals surface area contributed by atoms with E-state index >= 15 is 0 Å². The zero-order chi connectivity index (χ0) is 24.3. The molecule has 1 saturated carbocycles. The molecule has 2 N–H and O–H groups in total. The maximum atomic E-state index is 14.4. The number of aliphatic carboxylic acids is 1. The highest BCUT2D eigenvalue weighted by Gasteiger charge is 2.41. The van der Waals surface area contributed by atoms with Crippen LogP contribution in [0.4, 0.5) is 15.1 Å². The molecule has 1 aliphatic rings. The van der Waals surface area contributed by atoms with Gasteiger partial charge < -0.3 is 19.1 Å². The first-order chi connectivity index (χ1) is 16.2. The Bertz CT molecular complexity index is 1160. The van der Waals surface area contributed by atoms with E-state index < -0.39 is 29.7 Å². The summed E-state index contributed by atoms with van der Waals surface area (Å²) < 4.78 is 30.3. The molecule has 4 rings (SSSR count). The molecule has 1 aromatic carbocycles. The second-order valence-electron chi connectivity index (χ2n) is 8.43. The number of hydrogen-bond donors (Lipinski definition) is 2. The lowest BCUT2D eigenvalue weighted by molar-refractivity contribution is -0.155. The fraction of sp³-hybridized carbons (Fsp3) is 0.333. The molecule has 9 nitrogen and oxygen atoms in total. The second-order valence-corrected chi connectivity index (χ2v) is 8.43. The van der Waals surface area contributed by atoms with Crippen molar-refractivity contribution in [2.45, 2.75) is 44.8 Å². The van der Waals surface area contributed by atoms with Crippen molar-refractivity contribution in [1.82, 2.24) is 10.1 Å². The van der Waals surface area contributed by atoms with Crippen LogP contribution in [0.1, 0.15) is 44.8 Å². The Morgan fingerprint density at radius 3 is 2.62 bits per heavy atom. The zero-order valence-corrected chi connectivity index (χ0v) is 18.7. The Balaban J connectivity index is 1.46. The predicted octanol–water partition coefficient (Wildman–Crippen LogP) is 5.21. The average molecular weight is 469 g/mol. The first kappa shape index (κ1) is 23.2. The minimum Gasteiger partial charge on any atom is -0.478 e. The second kappa shape index (κ2) is 9.50. The van der Waals surface area contributed by atoms with E-state index in [2.05, 4.69) is 15.5 Å². The van der Waals surface area contributed by atoms with Crippen LogP contribution >= 0.6 is 0 Å². The largest absolute Gasteiger partial charge is 0.478 e. The normalized spacial score (nSPS) is 15.7. The number of amides is 1. The number of hydrogen-bond acceptors (Lipinski definition) is 7. The smallest absolute Gasteiger partial charge is 0.414 e. The lowest BCUT2D eigenvalue weighted by atomic mass is 9.99. The topological polar surface area (TPSA) is 124 Å². The van der Waals surface area contributed by atoms with Gasteiger partial charge in [0.1, 0.15) is 11.7 Å². The van der Waals surface area contributed by atoms with Gasteiger partial charge in [-0.1, -0.05) is 43.2 Å². The summed E-state index contributed by atoms with van der Waals surface area (Å²) in [6.07, 6.45) is 2.23. The summed E-state index contributed by atoms with van der Waals surface area (Å²) in [5.41, 5.74) is -0.500. The highest BCUT2D eigenvalue weighted by Crippen LogP contribution is 2.39. The van der Waals surface area contributed by atoms with E-state index in [9.17, 15) is 19.1 Å². The third-order valence-electron chi connectivity index (χ3n) is 5.60. The van der Waals surface area contributed by atoms with E-state index in [-0.39, 0.29) is 22.9 Å². The molecule has 1 aliphatic carbocycles. The maximum Gasteiger partial charge on any atom is 0.414 e. The van der Waals surface area contributed by atoms with Gasteiger partial charge in [0.2, 0.25) is 17.4 Å². The van der Waals surface area contributed by atoms with Crippen LogP contribution in [0.2, 0.25) is 0 Å². The van der Waals surface area contributed by atoms with Crippen LogP contribution in [0, 0.1) is 11.9 Å². The highest BCUT2D eigenvalue weighted by molar-refractivity contribution is 5.88. The van der Waals surface area contributed by atoms with Crippen molar-refractivity contribution in [2.75, 3.05) is 5.32 Å². The minimum atomic E-state index is -1.41. The van der Waals surface area contributed by atoms with Crippen molar-refractivity contribution in [2.24, 2.45) is 5.92 Å². The maximum absolute atomic E-state index is 14.4. The molecule has 2 aromatic heterocycles. The lowest BCUT2D eigenvalue weighted by Gasteiger charge is -2.25. The molecule has 0 spiro atoms. The number of carbonyl (C=O) groups is 2. The van der Waals surface area contributed by atoms with E-state index in [0.29, 0.717) is 12.3 Å². The molecule has 0 bridgehead atoms. The number of carboxylic acids is 1. The molecule has 178 valence electrons. The molecule has 0 aliphatic heterocycles. The molecule has 0 saturated heterocycles. The molecule has 10 heteroatoms. The number of benzene rings is 1. The number of halogens is 1. The number of pyridine rings is 1. The summed E-state index contributed by atoms with van der Waals surface area (Å²) in [5, 5.41) is 15.2. The number of rotatable bonds is 9. The summed E-state index contributed by atoms with van der Waals surface area (Å²) in [6.45, 7) is 3.21. The van der Waals surface area contributed by atoms with Crippen molar-refractivity contribution in [3.05, 3.63) is 60.2 Å². The molecule has 2 atom stereocenters. The summed E-state index contributed by atoms with van der Waals surface area (Å²) in [6, 6.07) is 12.0. The fourth-order valence-corrected chi connectivity index (χ4v) is 3.55. The SMILES string of the molecule is CC(OC(=O)Nc1onc(F)c1-c1ccc(OC(C)(CC2CC2)C(=O)O)nc1)c1ccccc1. The van der Waals surface area contributed by atoms with Gasteiger partial charge in [0, 0.05) is 24.2 Å². The van der Waals surface area contributed by atoms with Gasteiger partial charge in [-0.25, -0.2) is 14.6 Å². The standard InChI is InChI=1S/C24H24FN3O6/c1-14(16-6-4-3-5-7-16)32-23(31)27-21-19(20(25)28-34-21)17-10-11-18(26-13-17)33-24(2,22(29)30)12-15-8-9-15/h3-7,10-11,13-15H,8-9,12H2,1-2H3,(H,27,31)(H,29,30). The molecule has 2 heterocycles. The van der Waals surface area contributed by atoms with Gasteiger partial charge in [-0.3, -0.25) is 5.32 Å². The zero-order valence-electron chi connectivity index (χ0n) is 18.7. The lowest BCUT2D eigenvalue weighted by Crippen LogP contribution is -2.42. The Hall–Kier alpha value is -3.95. The predicted molar refractivity (Wildman–Crippen MR) is 119 cm³/mol. The van der Waals surface area contributed by atoms with Crippen LogP contribution in [0.15, 0.2) is 53.2 Å². The monoisotopic (exact) mass is 469 g/mol. The van der Waals surface area contributed by atoms with Crippen molar-refractivity contribution < 1.29 is 33.1 Å². The van der Waals surface area contributed by atoms with Gasteiger partial charge in [-0.05, 0) is 36.6 Å². The van der Waals surface area contributed by atoms with Gasteiger partial charge in [0.15, 0.2) is 0 Å². The van der Waals surface area contributed by atoms with Gasteiger partial charge in [0.05, 0.1) is 0 Å². The van der Waals surface area contributed by atoms with Crippen LogP contribution < -0.4 is 10.1 Å². The Morgan fingerprint density at radius 2 is 2.00 bits per heavy atom. The van der Waals surface area contributed by atoms with Crippen LogP contribution in [-0.4, -0.2) is 32.9 Å². The summed E-state index contributed by atoms with van der Waals surface area (Å²) in [5.74, 6) is -1.88. The van der Waals surface area contributed by atoms with Crippen LogP contribution in [0.25, 0.3) is 11.1 Å². The third kappa shape index (κ3) is 5.33. The number of aromatic nitrogens is 2. The van der Waals surface area contributed by atoms with Crippen LogP contribution in [0.3, 0.4) is 0 Å². The first-order valence-corrected chi connectivity index (χ1v) is 10.8. The third-order valence-corrected chi connectivity index (χ3v) is 5.60. The highest BCUT2D eigenvalue weighted by atomic mass is 19.1. The van der Waals surface area contributed by atoms with Gasteiger partial charge in [-0.15, -0.1) is 0 Å². The van der Waals surface area contributed by atoms with E-state index in [1.165, 1.54) is 25.3 Å². The number of nitrogens with one attached hydrogen (secondary N) is 1. The Kier molecular flexibility index (Phi) is 6.49. The van der Waals surface area contributed by atoms with Gasteiger partial charge >= 0.3 is 12.1 Å². The number of ether oxygens (including phenoxy) is 2. The number of nitrogens with zero attached hydrogens (tertiary/aromatic N) is 2. The molecule has 1 amide bonds. The summed E-state index contributed by atoms with van der Waals surface area (Å²) in [4.78, 5) is 28.2. The summed E-state index contributed by atoms with van der Waals surface area (Å²) in [7, 11) is 0. The Labute approximate surface area is 194 Å². The van der Waals surface area contributed by atoms with Gasteiger partial charge in [0.25, 0.3) is 5.95 Å². The molecule has 34 heavy (non-hydrogen) atoms. The van der Waals surface area contributed by atoms with E-state index in [4.69, 9.17) is 14.0 Å². The van der Waals surface area contributed by atoms with Crippen molar-refractivity contribution in [3.63, 3.8) is 0 Å². The van der Waals surface area contributed by atoms with Crippen LogP contribution in [0.5, 0.6) is 5.88 Å². The summed E-state index contributed by atoms with van der Waals surface area (Å²) >= 11 is 0. The number of anilines is 1. The molecule has 1 fully saturated rings. The van der Waals surface area contributed by atoms with Crippen molar-refractivity contribution >= 4 is 17.9 Å². The Morgan fingerprint density at radius 1 is 1.26 bits per heavy atom.